The van der Waals surface area contributed by atoms with E-state index in [1.807, 2.05) is 34.0 Å². The molecule has 0 saturated carbocycles. The number of nitrogens with one attached hydrogen (secondary N) is 1. The normalized spacial score (nSPS) is 12.6. The molecule has 100 valence electrons. The second-order valence-corrected chi connectivity index (χ2v) is 5.42. The predicted molar refractivity (Wildman–Crippen MR) is 81.2 cm³/mol. The zero-order valence-corrected chi connectivity index (χ0v) is 12.6. The first-order valence-electron chi connectivity index (χ1n) is 6.00. The Labute approximate surface area is 115 Å². The second-order valence-electron chi connectivity index (χ2n) is 4.98. The molecule has 0 saturated heterocycles. The number of nitrogens with two attached hydrogens (primary N) is 1. The standard InChI is InChI=1S/C13H22N4S/c1-8-6-9(2)15-13(11(8)12(14)18)16-10(3)7-17(4)5/h6,10H,7H2,1-5H3,(H2,14,18)(H,15,16). The van der Waals surface area contributed by atoms with Gasteiger partial charge in [0.1, 0.15) is 10.8 Å². The van der Waals surface area contributed by atoms with Gasteiger partial charge >= 0.3 is 0 Å². The van der Waals surface area contributed by atoms with Gasteiger partial charge in [0.05, 0.1) is 5.56 Å². The third kappa shape index (κ3) is 3.92. The lowest BCUT2D eigenvalue weighted by Crippen LogP contribution is -2.31. The molecule has 1 rings (SSSR count). The Bertz CT molecular complexity index is 443. The van der Waals surface area contributed by atoms with Crippen LogP contribution >= 0.6 is 12.2 Å². The maximum Gasteiger partial charge on any atom is 0.137 e. The Hall–Kier alpha value is -1.20. The van der Waals surface area contributed by atoms with Crippen LogP contribution in [0.5, 0.6) is 0 Å². The fourth-order valence-electron chi connectivity index (χ4n) is 2.08. The fourth-order valence-corrected chi connectivity index (χ4v) is 2.34. The first-order chi connectivity index (χ1) is 8.31. The van der Waals surface area contributed by atoms with E-state index in [4.69, 9.17) is 18.0 Å². The average molecular weight is 266 g/mol. The molecule has 0 fully saturated rings. The molecule has 0 bridgehead atoms. The van der Waals surface area contributed by atoms with E-state index in [1.165, 1.54) is 0 Å². The van der Waals surface area contributed by atoms with Gasteiger partial charge in [0.25, 0.3) is 0 Å². The van der Waals surface area contributed by atoms with Crippen LogP contribution in [0.3, 0.4) is 0 Å². The SMILES string of the molecule is Cc1cc(C)c(C(N)=S)c(NC(C)CN(C)C)n1. The van der Waals surface area contributed by atoms with Crippen molar-refractivity contribution in [2.75, 3.05) is 26.0 Å². The summed E-state index contributed by atoms with van der Waals surface area (Å²) in [5.41, 5.74) is 8.66. The number of rotatable bonds is 5. The van der Waals surface area contributed by atoms with Crippen molar-refractivity contribution < 1.29 is 0 Å². The lowest BCUT2D eigenvalue weighted by molar-refractivity contribution is 0.392. The molecule has 4 nitrogen and oxygen atoms in total. The summed E-state index contributed by atoms with van der Waals surface area (Å²) in [6, 6.07) is 2.28. The van der Waals surface area contributed by atoms with E-state index in [2.05, 4.69) is 22.1 Å². The monoisotopic (exact) mass is 266 g/mol. The molecule has 0 aliphatic rings. The minimum absolute atomic E-state index is 0.279. The molecular weight excluding hydrogens is 244 g/mol. The number of hydrogen-bond acceptors (Lipinski definition) is 4. The molecule has 1 atom stereocenters. The van der Waals surface area contributed by atoms with Crippen molar-refractivity contribution in [2.24, 2.45) is 5.73 Å². The van der Waals surface area contributed by atoms with Crippen molar-refractivity contribution in [3.63, 3.8) is 0 Å². The Kier molecular flexibility index (Phi) is 5.04. The minimum Gasteiger partial charge on any atom is -0.389 e. The Morgan fingerprint density at radius 2 is 2.11 bits per heavy atom. The highest BCUT2D eigenvalue weighted by atomic mass is 32.1. The summed E-state index contributed by atoms with van der Waals surface area (Å²) in [5, 5.41) is 3.38. The highest BCUT2D eigenvalue weighted by molar-refractivity contribution is 7.80. The quantitative estimate of drug-likeness (QED) is 0.794. The number of anilines is 1. The molecule has 1 heterocycles. The molecule has 0 aromatic carbocycles. The zero-order valence-electron chi connectivity index (χ0n) is 11.7. The summed E-state index contributed by atoms with van der Waals surface area (Å²) in [6.45, 7) is 7.01. The molecule has 0 amide bonds. The van der Waals surface area contributed by atoms with Gasteiger partial charge in [-0.25, -0.2) is 4.98 Å². The molecule has 1 aromatic heterocycles. The Morgan fingerprint density at radius 3 is 2.61 bits per heavy atom. The van der Waals surface area contributed by atoms with Gasteiger partial charge in [-0.3, -0.25) is 0 Å². The number of hydrogen-bond donors (Lipinski definition) is 2. The number of nitrogens with zero attached hydrogens (tertiary/aromatic N) is 2. The zero-order chi connectivity index (χ0) is 13.9. The molecular formula is C13H22N4S. The molecule has 0 aliphatic heterocycles. The summed E-state index contributed by atoms with van der Waals surface area (Å²) >= 11 is 5.11. The van der Waals surface area contributed by atoms with Gasteiger partial charge in [-0.2, -0.15) is 0 Å². The van der Waals surface area contributed by atoms with Crippen LogP contribution in [0, 0.1) is 13.8 Å². The average Bonchev–Trinajstić information content (AvgIpc) is 2.12. The summed E-state index contributed by atoms with van der Waals surface area (Å²) in [7, 11) is 4.09. The van der Waals surface area contributed by atoms with Crippen molar-refractivity contribution >= 4 is 23.0 Å². The Morgan fingerprint density at radius 1 is 1.50 bits per heavy atom. The maximum atomic E-state index is 5.78. The lowest BCUT2D eigenvalue weighted by atomic mass is 10.1. The van der Waals surface area contributed by atoms with Crippen molar-refractivity contribution in [2.45, 2.75) is 26.8 Å². The van der Waals surface area contributed by atoms with Crippen molar-refractivity contribution in [1.82, 2.24) is 9.88 Å². The second kappa shape index (κ2) is 6.11. The first kappa shape index (κ1) is 14.9. The topological polar surface area (TPSA) is 54.2 Å². The highest BCUT2D eigenvalue weighted by Crippen LogP contribution is 2.19. The molecule has 0 aliphatic carbocycles. The van der Waals surface area contributed by atoms with Crippen LogP contribution in [0.25, 0.3) is 0 Å². The summed E-state index contributed by atoms with van der Waals surface area (Å²) in [6.07, 6.45) is 0. The van der Waals surface area contributed by atoms with Gasteiger partial charge in [0.2, 0.25) is 0 Å². The minimum atomic E-state index is 0.279. The molecule has 5 heteroatoms. The summed E-state index contributed by atoms with van der Waals surface area (Å²) in [5.74, 6) is 0.786. The smallest absolute Gasteiger partial charge is 0.137 e. The van der Waals surface area contributed by atoms with Crippen LogP contribution < -0.4 is 11.1 Å². The van der Waals surface area contributed by atoms with Crippen molar-refractivity contribution in [3.8, 4) is 0 Å². The molecule has 0 spiro atoms. The molecule has 0 radical (unpaired) electrons. The molecule has 3 N–H and O–H groups in total. The molecule has 1 unspecified atom stereocenters. The number of aromatic nitrogens is 1. The van der Waals surface area contributed by atoms with E-state index in [0.717, 1.165) is 29.2 Å². The van der Waals surface area contributed by atoms with E-state index in [9.17, 15) is 0 Å². The van der Waals surface area contributed by atoms with Gasteiger partial charge in [0.15, 0.2) is 0 Å². The van der Waals surface area contributed by atoms with E-state index in [1.54, 1.807) is 0 Å². The van der Waals surface area contributed by atoms with Gasteiger partial charge in [0, 0.05) is 18.3 Å². The predicted octanol–water partition coefficient (Wildman–Crippen LogP) is 1.69. The molecule has 1 aromatic rings. The van der Waals surface area contributed by atoms with Crippen LogP contribution in [0.1, 0.15) is 23.7 Å². The van der Waals surface area contributed by atoms with E-state index < -0.39 is 0 Å². The number of thiocarbonyl (C=S) groups is 1. The number of aryl methyl sites for hydroxylation is 2. The van der Waals surface area contributed by atoms with Gasteiger partial charge in [-0.05, 0) is 46.5 Å². The fraction of sp³-hybridized carbons (Fsp3) is 0.538. The third-order valence-corrected chi connectivity index (χ3v) is 2.82. The molecule has 18 heavy (non-hydrogen) atoms. The van der Waals surface area contributed by atoms with Crippen LogP contribution in [0.15, 0.2) is 6.07 Å². The van der Waals surface area contributed by atoms with Crippen LogP contribution in [0.2, 0.25) is 0 Å². The third-order valence-electron chi connectivity index (χ3n) is 2.61. The Balaban J connectivity index is 3.03. The summed E-state index contributed by atoms with van der Waals surface area (Å²) < 4.78 is 0. The lowest BCUT2D eigenvalue weighted by Gasteiger charge is -2.21. The number of pyridine rings is 1. The van der Waals surface area contributed by atoms with Crippen LogP contribution in [-0.2, 0) is 0 Å². The highest BCUT2D eigenvalue weighted by Gasteiger charge is 2.13. The first-order valence-corrected chi connectivity index (χ1v) is 6.41. The van der Waals surface area contributed by atoms with Gasteiger partial charge < -0.3 is 16.0 Å². The largest absolute Gasteiger partial charge is 0.389 e. The summed E-state index contributed by atoms with van der Waals surface area (Å²) in [4.78, 5) is 7.02. The van der Waals surface area contributed by atoms with E-state index in [-0.39, 0.29) is 6.04 Å². The van der Waals surface area contributed by atoms with Gasteiger partial charge in [-0.1, -0.05) is 12.2 Å². The van der Waals surface area contributed by atoms with Gasteiger partial charge in [-0.15, -0.1) is 0 Å². The van der Waals surface area contributed by atoms with E-state index in [0.29, 0.717) is 4.99 Å². The van der Waals surface area contributed by atoms with E-state index >= 15 is 0 Å². The maximum absolute atomic E-state index is 5.78. The van der Waals surface area contributed by atoms with Crippen LogP contribution in [0.4, 0.5) is 5.82 Å². The number of likely N-dealkylation sites (N-methyl/N-ethyl adjacent to an activating group) is 1. The van der Waals surface area contributed by atoms with Crippen molar-refractivity contribution in [1.29, 1.82) is 0 Å². The van der Waals surface area contributed by atoms with Crippen LogP contribution in [-0.4, -0.2) is 41.6 Å². The van der Waals surface area contributed by atoms with Crippen molar-refractivity contribution in [3.05, 3.63) is 22.9 Å².